The number of nitrogens with zero attached hydrogens (tertiary/aromatic N) is 5. The maximum Gasteiger partial charge on any atom is 0.301 e. The number of nitro groups is 2. The van der Waals surface area contributed by atoms with Gasteiger partial charge in [-0.1, -0.05) is 36.4 Å². The highest BCUT2D eigenvalue weighted by Gasteiger charge is 2.19. The van der Waals surface area contributed by atoms with E-state index in [2.05, 4.69) is 15.6 Å². The van der Waals surface area contributed by atoms with Crippen molar-refractivity contribution in [2.24, 2.45) is 5.10 Å². The van der Waals surface area contributed by atoms with E-state index < -0.39 is 15.5 Å². The second-order valence-corrected chi connectivity index (χ2v) is 7.08. The lowest BCUT2D eigenvalue weighted by atomic mass is 10.1. The number of hydrogen-bond acceptors (Lipinski definition) is 7. The van der Waals surface area contributed by atoms with Crippen LogP contribution in [0, 0.1) is 34.1 Å². The second kappa shape index (κ2) is 8.26. The Labute approximate surface area is 182 Å². The average molecular weight is 430 g/mol. The molecule has 0 saturated carbocycles. The van der Waals surface area contributed by atoms with Crippen molar-refractivity contribution in [3.8, 4) is 5.69 Å². The average Bonchev–Trinajstić information content (AvgIpc) is 3.06. The summed E-state index contributed by atoms with van der Waals surface area (Å²) >= 11 is 0. The number of rotatable bonds is 6. The van der Waals surface area contributed by atoms with Crippen molar-refractivity contribution in [1.29, 1.82) is 0 Å². The minimum absolute atomic E-state index is 0.0496. The molecule has 1 N–H and O–H groups in total. The largest absolute Gasteiger partial charge is 0.301 e. The molecular weight excluding hydrogens is 412 g/mol. The fraction of sp³-hybridized carbons (Fsp3) is 0.0909. The van der Waals surface area contributed by atoms with Gasteiger partial charge in [-0.2, -0.15) is 10.2 Å². The van der Waals surface area contributed by atoms with E-state index in [4.69, 9.17) is 0 Å². The molecule has 0 radical (unpaired) electrons. The number of hydrazone groups is 1. The number of nitrogens with one attached hydrogen (secondary N) is 1. The van der Waals surface area contributed by atoms with Gasteiger partial charge in [0.25, 0.3) is 5.69 Å². The molecule has 0 amide bonds. The molecular formula is C22H18N6O4. The van der Waals surface area contributed by atoms with Gasteiger partial charge in [-0.25, -0.2) is 4.68 Å². The zero-order valence-electron chi connectivity index (χ0n) is 17.2. The number of non-ortho nitro benzene ring substituents is 1. The van der Waals surface area contributed by atoms with Crippen LogP contribution in [0.3, 0.4) is 0 Å². The molecule has 0 aliphatic heterocycles. The number of anilines is 1. The van der Waals surface area contributed by atoms with Crippen molar-refractivity contribution in [3.05, 3.63) is 97.8 Å². The molecule has 0 fully saturated rings. The lowest BCUT2D eigenvalue weighted by Crippen LogP contribution is -2.01. The molecule has 160 valence electrons. The number of aryl methyl sites for hydroxylation is 1. The van der Waals surface area contributed by atoms with Crippen molar-refractivity contribution < 1.29 is 9.85 Å². The Kier molecular flexibility index (Phi) is 5.34. The van der Waals surface area contributed by atoms with Gasteiger partial charge in [0, 0.05) is 17.0 Å². The molecule has 0 aliphatic rings. The van der Waals surface area contributed by atoms with E-state index in [9.17, 15) is 20.2 Å². The van der Waals surface area contributed by atoms with E-state index >= 15 is 0 Å². The number of hydrogen-bond donors (Lipinski definition) is 1. The van der Waals surface area contributed by atoms with Gasteiger partial charge in [0.15, 0.2) is 0 Å². The molecule has 0 saturated heterocycles. The Hall–Kier alpha value is -4.60. The summed E-state index contributed by atoms with van der Waals surface area (Å²) in [6.07, 6.45) is 1.53. The van der Waals surface area contributed by atoms with Crippen LogP contribution in [0.25, 0.3) is 16.5 Å². The Bertz CT molecular complexity index is 1390. The SMILES string of the molecule is Cc1nn(-c2cccc3ccccc23)c(C)c1/C=N/Nc1ccc([N+](=O)[O-])cc1[N+](=O)[O-]. The van der Waals surface area contributed by atoms with Crippen LogP contribution < -0.4 is 5.43 Å². The van der Waals surface area contributed by atoms with Gasteiger partial charge in [-0.05, 0) is 31.4 Å². The molecule has 0 bridgehead atoms. The predicted octanol–water partition coefficient (Wildman–Crippen LogP) is 4.90. The highest BCUT2D eigenvalue weighted by atomic mass is 16.6. The molecule has 1 heterocycles. The van der Waals surface area contributed by atoms with Gasteiger partial charge in [-0.3, -0.25) is 25.7 Å². The Morgan fingerprint density at radius 3 is 2.50 bits per heavy atom. The van der Waals surface area contributed by atoms with E-state index in [-0.39, 0.29) is 11.4 Å². The number of aromatic nitrogens is 2. The van der Waals surface area contributed by atoms with Gasteiger partial charge in [0.05, 0.1) is 39.2 Å². The van der Waals surface area contributed by atoms with Crippen LogP contribution in [0.1, 0.15) is 17.0 Å². The zero-order valence-corrected chi connectivity index (χ0v) is 17.2. The lowest BCUT2D eigenvalue weighted by molar-refractivity contribution is -0.393. The van der Waals surface area contributed by atoms with Crippen molar-refractivity contribution in [2.45, 2.75) is 13.8 Å². The highest BCUT2D eigenvalue weighted by molar-refractivity contribution is 5.91. The van der Waals surface area contributed by atoms with Crippen molar-refractivity contribution in [2.75, 3.05) is 5.43 Å². The quantitative estimate of drug-likeness (QED) is 0.263. The molecule has 0 spiro atoms. The molecule has 10 heteroatoms. The Balaban J connectivity index is 1.66. The molecule has 3 aromatic carbocycles. The van der Waals surface area contributed by atoms with Crippen LogP contribution in [0.5, 0.6) is 0 Å². The lowest BCUT2D eigenvalue weighted by Gasteiger charge is -2.08. The van der Waals surface area contributed by atoms with E-state index in [1.165, 1.54) is 18.3 Å². The van der Waals surface area contributed by atoms with Crippen LogP contribution in [0.2, 0.25) is 0 Å². The van der Waals surface area contributed by atoms with Crippen LogP contribution in [0.15, 0.2) is 65.8 Å². The van der Waals surface area contributed by atoms with Gasteiger partial charge in [-0.15, -0.1) is 0 Å². The van der Waals surface area contributed by atoms with Crippen molar-refractivity contribution in [1.82, 2.24) is 9.78 Å². The van der Waals surface area contributed by atoms with E-state index in [0.717, 1.165) is 39.5 Å². The fourth-order valence-corrected chi connectivity index (χ4v) is 3.51. The second-order valence-electron chi connectivity index (χ2n) is 7.08. The summed E-state index contributed by atoms with van der Waals surface area (Å²) in [5.74, 6) is 0. The van der Waals surface area contributed by atoms with E-state index in [0.29, 0.717) is 0 Å². The Morgan fingerprint density at radius 1 is 1.00 bits per heavy atom. The van der Waals surface area contributed by atoms with Gasteiger partial charge in [0.2, 0.25) is 0 Å². The summed E-state index contributed by atoms with van der Waals surface area (Å²) in [6.45, 7) is 3.77. The van der Waals surface area contributed by atoms with Crippen LogP contribution in [-0.2, 0) is 0 Å². The Morgan fingerprint density at radius 2 is 1.75 bits per heavy atom. The summed E-state index contributed by atoms with van der Waals surface area (Å²) < 4.78 is 1.84. The molecule has 0 aliphatic carbocycles. The molecule has 4 rings (SSSR count). The predicted molar refractivity (Wildman–Crippen MR) is 122 cm³/mol. The van der Waals surface area contributed by atoms with Crippen molar-refractivity contribution in [3.63, 3.8) is 0 Å². The van der Waals surface area contributed by atoms with E-state index in [1.54, 1.807) is 0 Å². The van der Waals surface area contributed by atoms with Crippen LogP contribution >= 0.6 is 0 Å². The third kappa shape index (κ3) is 3.76. The standard InChI is InChI=1S/C22H18N6O4/c1-14-19(13-23-24-20-11-10-17(27(29)30)12-22(20)28(31)32)15(2)26(25-14)21-9-5-7-16-6-3-4-8-18(16)21/h3-13,24H,1-2H3/b23-13+. The molecule has 1 aromatic heterocycles. The zero-order chi connectivity index (χ0) is 22.8. The summed E-state index contributed by atoms with van der Waals surface area (Å²) in [5, 5.41) is 33.1. The summed E-state index contributed by atoms with van der Waals surface area (Å²) in [6, 6.07) is 17.3. The molecule has 4 aromatic rings. The molecule has 0 unspecified atom stereocenters. The summed E-state index contributed by atoms with van der Waals surface area (Å²) in [4.78, 5) is 20.8. The highest BCUT2D eigenvalue weighted by Crippen LogP contribution is 2.29. The van der Waals surface area contributed by atoms with Crippen LogP contribution in [0.4, 0.5) is 17.1 Å². The fourth-order valence-electron chi connectivity index (χ4n) is 3.51. The maximum absolute atomic E-state index is 11.3. The van der Waals surface area contributed by atoms with Crippen molar-refractivity contribution >= 4 is 34.0 Å². The third-order valence-electron chi connectivity index (χ3n) is 5.11. The van der Waals surface area contributed by atoms with E-state index in [1.807, 2.05) is 61.0 Å². The molecule has 0 atom stereocenters. The van der Waals surface area contributed by atoms with Crippen LogP contribution in [-0.4, -0.2) is 25.8 Å². The monoisotopic (exact) mass is 430 g/mol. The minimum atomic E-state index is -0.695. The third-order valence-corrected chi connectivity index (χ3v) is 5.11. The number of nitro benzene ring substituents is 2. The summed E-state index contributed by atoms with van der Waals surface area (Å²) in [7, 11) is 0. The smallest absolute Gasteiger partial charge is 0.272 e. The first-order valence-electron chi connectivity index (χ1n) is 9.63. The van der Waals surface area contributed by atoms with Gasteiger partial charge < -0.3 is 0 Å². The van der Waals surface area contributed by atoms with Gasteiger partial charge in [0.1, 0.15) is 5.69 Å². The topological polar surface area (TPSA) is 128 Å². The maximum atomic E-state index is 11.3. The first kappa shape index (κ1) is 20.7. The number of benzene rings is 3. The normalized spacial score (nSPS) is 11.2. The molecule has 10 nitrogen and oxygen atoms in total. The first-order valence-corrected chi connectivity index (χ1v) is 9.63. The van der Waals surface area contributed by atoms with Gasteiger partial charge >= 0.3 is 5.69 Å². The first-order chi connectivity index (χ1) is 15.4. The minimum Gasteiger partial charge on any atom is -0.272 e. The number of fused-ring (bicyclic) bond motifs is 1. The summed E-state index contributed by atoms with van der Waals surface area (Å²) in [5.41, 5.74) is 5.14. The molecule has 32 heavy (non-hydrogen) atoms.